The van der Waals surface area contributed by atoms with E-state index in [9.17, 15) is 50.8 Å². The Balaban J connectivity index is 2.31. The van der Waals surface area contributed by atoms with E-state index in [1.807, 2.05) is 0 Å². The molecule has 0 spiro atoms. The molecule has 2 fully saturated rings. The first kappa shape index (κ1) is 29.3. The molecule has 0 unspecified atom stereocenters. The summed E-state index contributed by atoms with van der Waals surface area (Å²) in [5.74, 6) is 0. The van der Waals surface area contributed by atoms with Gasteiger partial charge in [-0.25, -0.2) is 0 Å². The summed E-state index contributed by atoms with van der Waals surface area (Å²) in [6.07, 6.45) is -19.8. The summed E-state index contributed by atoms with van der Waals surface area (Å²) in [6.45, 7) is -2.47. The van der Waals surface area contributed by atoms with Crippen LogP contribution in [0.4, 0.5) is 0 Å². The zero-order valence-corrected chi connectivity index (χ0v) is 18.0. The van der Waals surface area contributed by atoms with Crippen LogP contribution in [0.25, 0.3) is 0 Å². The van der Waals surface area contributed by atoms with Crippen molar-refractivity contribution in [3.05, 3.63) is 0 Å². The molecule has 0 amide bonds. The van der Waals surface area contributed by atoms with Gasteiger partial charge in [-0.2, -0.15) is 0 Å². The molecule has 0 aromatic carbocycles. The van der Waals surface area contributed by atoms with Gasteiger partial charge in [0, 0.05) is 0 Å². The molecule has 13 N–H and O–H groups in total. The Morgan fingerprint density at radius 1 is 0.794 bits per heavy atom. The van der Waals surface area contributed by atoms with Crippen molar-refractivity contribution in [2.75, 3.05) is 19.8 Å². The van der Waals surface area contributed by atoms with Gasteiger partial charge in [0.1, 0.15) is 67.3 Å². The number of carbonyl (C=O) groups is 1. The lowest BCUT2D eigenvalue weighted by molar-refractivity contribution is -0.337. The standard InChI is InChI=1S/C18H34N2O14/c19-5(1-21)15(33-18-14(30)13(29)11(27)8(4-24)32-18)16(6(25)2-22)34-17-9(20)12(28)10(26)7(3-23)31-17/h1,5-18,22-30H,2-4,19-20H2/t5-,6+,7+,8+,9-,10+,11-,12+,13-,14+,15+,16+,17-,18+/m0/s1. The van der Waals surface area contributed by atoms with Gasteiger partial charge in [0.15, 0.2) is 12.6 Å². The molecule has 0 aromatic heterocycles. The lowest BCUT2D eigenvalue weighted by atomic mass is 9.96. The minimum atomic E-state index is -1.89. The molecule has 0 saturated carbocycles. The third-order valence-electron chi connectivity index (χ3n) is 5.79. The Morgan fingerprint density at radius 2 is 1.29 bits per heavy atom. The van der Waals surface area contributed by atoms with Crippen LogP contribution in [0.5, 0.6) is 0 Å². The van der Waals surface area contributed by atoms with Crippen LogP contribution in [0.2, 0.25) is 0 Å². The van der Waals surface area contributed by atoms with Crippen LogP contribution in [0.15, 0.2) is 0 Å². The molecule has 34 heavy (non-hydrogen) atoms. The summed E-state index contributed by atoms with van der Waals surface area (Å²) < 4.78 is 21.6. The van der Waals surface area contributed by atoms with Crippen molar-refractivity contribution in [3.63, 3.8) is 0 Å². The number of aliphatic hydroxyl groups is 9. The van der Waals surface area contributed by atoms with Gasteiger partial charge in [-0.1, -0.05) is 0 Å². The molecule has 2 rings (SSSR count). The van der Waals surface area contributed by atoms with E-state index in [4.69, 9.17) is 30.4 Å². The van der Waals surface area contributed by atoms with Gasteiger partial charge in [0.05, 0.1) is 31.9 Å². The van der Waals surface area contributed by atoms with E-state index in [2.05, 4.69) is 0 Å². The normalized spacial score (nSPS) is 42.6. The van der Waals surface area contributed by atoms with Gasteiger partial charge < -0.3 is 81.2 Å². The SMILES string of the molecule is N[C@@H]1[C@H](O[C@@H]([C@H](O[C@H]2O[C@H](CO)[C@H](O)[C@H](O)[C@H]2O)[C@@H](N)C=O)[C@H](O)CO)O[C@H](CO)[C@@H](O)[C@@H]1O. The number of carbonyl (C=O) groups excluding carboxylic acids is 1. The fraction of sp³-hybridized carbons (Fsp3) is 0.944. The van der Waals surface area contributed by atoms with Crippen molar-refractivity contribution >= 4 is 6.29 Å². The molecule has 0 bridgehead atoms. The predicted octanol–water partition coefficient (Wildman–Crippen LogP) is -7.80. The molecular formula is C18H34N2O14. The monoisotopic (exact) mass is 502 g/mol. The van der Waals surface area contributed by atoms with Crippen LogP contribution in [0.1, 0.15) is 0 Å². The molecule has 2 aliphatic heterocycles. The molecule has 0 aliphatic carbocycles. The molecular weight excluding hydrogens is 468 g/mol. The second kappa shape index (κ2) is 12.9. The van der Waals surface area contributed by atoms with E-state index in [-0.39, 0.29) is 6.29 Å². The number of rotatable bonds is 11. The Bertz CT molecular complexity index is 629. The summed E-state index contributed by atoms with van der Waals surface area (Å²) in [4.78, 5) is 11.5. The number of hydrogen-bond donors (Lipinski definition) is 11. The average Bonchev–Trinajstić information content (AvgIpc) is 2.84. The highest BCUT2D eigenvalue weighted by molar-refractivity contribution is 5.58. The van der Waals surface area contributed by atoms with Gasteiger partial charge in [-0.15, -0.1) is 0 Å². The molecule has 0 radical (unpaired) electrons. The topological polar surface area (TPSA) is 288 Å². The Labute approximate surface area is 193 Å². The summed E-state index contributed by atoms with van der Waals surface area (Å²) >= 11 is 0. The van der Waals surface area contributed by atoms with Crippen molar-refractivity contribution in [2.24, 2.45) is 11.5 Å². The number of nitrogens with two attached hydrogens (primary N) is 2. The van der Waals surface area contributed by atoms with Crippen LogP contribution in [0, 0.1) is 0 Å². The number of aldehydes is 1. The smallest absolute Gasteiger partial charge is 0.187 e. The van der Waals surface area contributed by atoms with Crippen molar-refractivity contribution in [1.29, 1.82) is 0 Å². The quantitative estimate of drug-likeness (QED) is 0.117. The van der Waals surface area contributed by atoms with Gasteiger partial charge in [0.2, 0.25) is 0 Å². The zero-order chi connectivity index (χ0) is 25.7. The van der Waals surface area contributed by atoms with Crippen molar-refractivity contribution in [3.8, 4) is 0 Å². The van der Waals surface area contributed by atoms with Gasteiger partial charge in [0.25, 0.3) is 0 Å². The second-order valence-electron chi connectivity index (χ2n) is 8.15. The third-order valence-corrected chi connectivity index (χ3v) is 5.79. The summed E-state index contributed by atoms with van der Waals surface area (Å²) in [5.41, 5.74) is 11.6. The first-order valence-electron chi connectivity index (χ1n) is 10.5. The molecule has 16 heteroatoms. The Hall–Kier alpha value is -0.930. The van der Waals surface area contributed by atoms with Crippen LogP contribution in [-0.4, -0.2) is 158 Å². The predicted molar refractivity (Wildman–Crippen MR) is 106 cm³/mol. The van der Waals surface area contributed by atoms with E-state index in [1.165, 1.54) is 0 Å². The van der Waals surface area contributed by atoms with Gasteiger partial charge >= 0.3 is 0 Å². The molecule has 2 aliphatic rings. The molecule has 200 valence electrons. The summed E-state index contributed by atoms with van der Waals surface area (Å²) in [5, 5.41) is 88.8. The minimum absolute atomic E-state index is 0.186. The number of aliphatic hydroxyl groups excluding tert-OH is 9. The van der Waals surface area contributed by atoms with E-state index in [1.54, 1.807) is 0 Å². The van der Waals surface area contributed by atoms with E-state index < -0.39 is 106 Å². The fourth-order valence-corrected chi connectivity index (χ4v) is 3.67. The maximum absolute atomic E-state index is 11.5. The van der Waals surface area contributed by atoms with Gasteiger partial charge in [-0.05, 0) is 0 Å². The molecule has 14 atom stereocenters. The van der Waals surface area contributed by atoms with Crippen LogP contribution < -0.4 is 11.5 Å². The highest BCUT2D eigenvalue weighted by atomic mass is 16.7. The number of ether oxygens (including phenoxy) is 4. The third kappa shape index (κ3) is 6.25. The lowest BCUT2D eigenvalue weighted by Gasteiger charge is -2.45. The maximum Gasteiger partial charge on any atom is 0.187 e. The Morgan fingerprint density at radius 3 is 1.79 bits per heavy atom. The van der Waals surface area contributed by atoms with Crippen LogP contribution >= 0.6 is 0 Å². The first-order chi connectivity index (χ1) is 16.0. The fourth-order valence-electron chi connectivity index (χ4n) is 3.67. The number of hydrogen-bond acceptors (Lipinski definition) is 16. The van der Waals surface area contributed by atoms with E-state index >= 15 is 0 Å². The highest BCUT2D eigenvalue weighted by Gasteiger charge is 2.49. The minimum Gasteiger partial charge on any atom is -0.394 e. The average molecular weight is 502 g/mol. The lowest BCUT2D eigenvalue weighted by Crippen LogP contribution is -2.66. The van der Waals surface area contributed by atoms with Crippen molar-refractivity contribution in [1.82, 2.24) is 0 Å². The van der Waals surface area contributed by atoms with Gasteiger partial charge in [-0.3, -0.25) is 0 Å². The molecule has 0 aromatic rings. The second-order valence-corrected chi connectivity index (χ2v) is 8.15. The Kier molecular flexibility index (Phi) is 11.1. The van der Waals surface area contributed by atoms with E-state index in [0.717, 1.165) is 0 Å². The van der Waals surface area contributed by atoms with E-state index in [0.29, 0.717) is 0 Å². The highest BCUT2D eigenvalue weighted by Crippen LogP contribution is 2.28. The van der Waals surface area contributed by atoms with Crippen LogP contribution in [-0.2, 0) is 23.7 Å². The largest absolute Gasteiger partial charge is 0.394 e. The molecule has 2 saturated heterocycles. The zero-order valence-electron chi connectivity index (χ0n) is 18.0. The summed E-state index contributed by atoms with van der Waals surface area (Å²) in [6, 6.07) is -3.02. The molecule has 16 nitrogen and oxygen atoms in total. The van der Waals surface area contributed by atoms with Crippen molar-refractivity contribution < 1.29 is 69.7 Å². The van der Waals surface area contributed by atoms with Crippen molar-refractivity contribution in [2.45, 2.75) is 85.7 Å². The molecule has 2 heterocycles. The maximum atomic E-state index is 11.5. The first-order valence-corrected chi connectivity index (χ1v) is 10.5. The summed E-state index contributed by atoms with van der Waals surface area (Å²) in [7, 11) is 0. The van der Waals surface area contributed by atoms with Crippen LogP contribution in [0.3, 0.4) is 0 Å².